The summed E-state index contributed by atoms with van der Waals surface area (Å²) in [5.41, 5.74) is 6.69. The molecule has 0 saturated heterocycles. The van der Waals surface area contributed by atoms with Crippen molar-refractivity contribution >= 4 is 16.8 Å². The molecule has 1 aliphatic heterocycles. The molecule has 1 N–H and O–H groups in total. The van der Waals surface area contributed by atoms with Gasteiger partial charge in [-0.3, -0.25) is 4.79 Å². The van der Waals surface area contributed by atoms with Gasteiger partial charge in [0.1, 0.15) is 5.82 Å². The second-order valence-electron chi connectivity index (χ2n) is 7.56. The molecule has 1 amide bonds. The number of rotatable bonds is 2. The van der Waals surface area contributed by atoms with E-state index in [0.717, 1.165) is 33.7 Å². The Morgan fingerprint density at radius 2 is 1.93 bits per heavy atom. The van der Waals surface area contributed by atoms with E-state index < -0.39 is 0 Å². The number of hydrogen-bond donors (Lipinski definition) is 1. The quantitative estimate of drug-likeness (QED) is 0.556. The van der Waals surface area contributed by atoms with Crippen LogP contribution in [0.1, 0.15) is 33.0 Å². The first-order chi connectivity index (χ1) is 14.0. The molecule has 3 heterocycles. The summed E-state index contributed by atoms with van der Waals surface area (Å²) < 4.78 is 15.2. The van der Waals surface area contributed by atoms with Crippen LogP contribution in [0, 0.1) is 19.7 Å². The molecule has 0 bridgehead atoms. The van der Waals surface area contributed by atoms with E-state index in [4.69, 9.17) is 0 Å². The van der Waals surface area contributed by atoms with Crippen LogP contribution in [0.15, 0.2) is 48.8 Å². The minimum atomic E-state index is -0.261. The van der Waals surface area contributed by atoms with Crippen LogP contribution in [-0.2, 0) is 13.0 Å². The fourth-order valence-corrected chi connectivity index (χ4v) is 4.14. The molecule has 0 unspecified atom stereocenters. The highest BCUT2D eigenvalue weighted by Crippen LogP contribution is 2.27. The molecule has 0 radical (unpaired) electrons. The lowest BCUT2D eigenvalue weighted by Gasteiger charge is -2.27. The second-order valence-corrected chi connectivity index (χ2v) is 7.56. The SMILES string of the molecule is Cc1[nH]c2c(C(=O)N3CCc4c(ncn4-c4ccc(F)cc4)C3)cccc2c1C. The van der Waals surface area contributed by atoms with Crippen molar-refractivity contribution in [2.24, 2.45) is 0 Å². The van der Waals surface area contributed by atoms with Crippen molar-refractivity contribution in [1.82, 2.24) is 19.4 Å². The summed E-state index contributed by atoms with van der Waals surface area (Å²) in [6, 6.07) is 12.2. The van der Waals surface area contributed by atoms with Gasteiger partial charge >= 0.3 is 0 Å². The summed E-state index contributed by atoms with van der Waals surface area (Å²) in [6.45, 7) is 5.18. The molecule has 1 aliphatic rings. The Balaban J connectivity index is 1.45. The van der Waals surface area contributed by atoms with Gasteiger partial charge in [-0.25, -0.2) is 9.37 Å². The number of nitrogens with one attached hydrogen (secondary N) is 1. The number of aromatic amines is 1. The van der Waals surface area contributed by atoms with E-state index >= 15 is 0 Å². The van der Waals surface area contributed by atoms with E-state index in [0.29, 0.717) is 25.1 Å². The molecule has 5 rings (SSSR count). The van der Waals surface area contributed by atoms with Crippen LogP contribution in [0.3, 0.4) is 0 Å². The number of amides is 1. The monoisotopic (exact) mass is 388 g/mol. The number of benzene rings is 2. The number of nitrogens with zero attached hydrogens (tertiary/aromatic N) is 3. The molecule has 29 heavy (non-hydrogen) atoms. The number of imidazole rings is 1. The average Bonchev–Trinajstić information content (AvgIpc) is 3.28. The molecular weight excluding hydrogens is 367 g/mol. The largest absolute Gasteiger partial charge is 0.358 e. The minimum Gasteiger partial charge on any atom is -0.358 e. The number of aromatic nitrogens is 3. The topological polar surface area (TPSA) is 53.9 Å². The molecule has 0 saturated carbocycles. The predicted molar refractivity (Wildman–Crippen MR) is 110 cm³/mol. The van der Waals surface area contributed by atoms with Crippen LogP contribution in [0.25, 0.3) is 16.6 Å². The Labute approximate surface area is 167 Å². The first kappa shape index (κ1) is 17.7. The normalized spacial score (nSPS) is 13.7. The Kier molecular flexibility index (Phi) is 4.01. The number of H-pyrrole nitrogens is 1. The average molecular weight is 388 g/mol. The number of carbonyl (C=O) groups excluding carboxylic acids is 1. The lowest BCUT2D eigenvalue weighted by atomic mass is 10.1. The Morgan fingerprint density at radius 3 is 2.72 bits per heavy atom. The van der Waals surface area contributed by atoms with Gasteiger partial charge in [-0.05, 0) is 49.7 Å². The predicted octanol–water partition coefficient (Wildman–Crippen LogP) is 4.31. The zero-order chi connectivity index (χ0) is 20.1. The molecule has 0 spiro atoms. The van der Waals surface area contributed by atoms with Crippen molar-refractivity contribution in [1.29, 1.82) is 0 Å². The fourth-order valence-electron chi connectivity index (χ4n) is 4.14. The van der Waals surface area contributed by atoms with Crippen molar-refractivity contribution in [3.8, 4) is 5.69 Å². The fraction of sp³-hybridized carbons (Fsp3) is 0.217. The molecule has 0 fully saturated rings. The lowest BCUT2D eigenvalue weighted by molar-refractivity contribution is 0.0733. The highest BCUT2D eigenvalue weighted by Gasteiger charge is 2.27. The maximum absolute atomic E-state index is 13.3. The van der Waals surface area contributed by atoms with E-state index in [2.05, 4.69) is 16.9 Å². The number of halogens is 1. The van der Waals surface area contributed by atoms with Crippen molar-refractivity contribution in [3.63, 3.8) is 0 Å². The van der Waals surface area contributed by atoms with Gasteiger partial charge in [0, 0.05) is 35.4 Å². The molecule has 4 aromatic rings. The molecule has 5 nitrogen and oxygen atoms in total. The summed E-state index contributed by atoms with van der Waals surface area (Å²) in [5.74, 6) is -0.248. The molecule has 146 valence electrons. The van der Waals surface area contributed by atoms with Gasteiger partial charge in [-0.2, -0.15) is 0 Å². The van der Waals surface area contributed by atoms with Crippen LogP contribution in [-0.4, -0.2) is 31.9 Å². The zero-order valence-corrected chi connectivity index (χ0v) is 16.4. The van der Waals surface area contributed by atoms with Gasteiger partial charge in [0.2, 0.25) is 0 Å². The number of carbonyl (C=O) groups is 1. The summed E-state index contributed by atoms with van der Waals surface area (Å²) in [6.07, 6.45) is 2.46. The van der Waals surface area contributed by atoms with E-state index in [1.54, 1.807) is 18.5 Å². The van der Waals surface area contributed by atoms with Gasteiger partial charge in [0.25, 0.3) is 5.91 Å². The molecule has 6 heteroatoms. The highest BCUT2D eigenvalue weighted by atomic mass is 19.1. The van der Waals surface area contributed by atoms with Gasteiger partial charge in [0.05, 0.1) is 29.6 Å². The smallest absolute Gasteiger partial charge is 0.256 e. The summed E-state index contributed by atoms with van der Waals surface area (Å²) in [5, 5.41) is 1.09. The first-order valence-electron chi connectivity index (χ1n) is 9.71. The maximum atomic E-state index is 13.3. The molecular formula is C23H21FN4O. The van der Waals surface area contributed by atoms with Crippen molar-refractivity contribution in [2.75, 3.05) is 6.54 Å². The summed E-state index contributed by atoms with van der Waals surface area (Å²) in [4.78, 5) is 23.0. The van der Waals surface area contributed by atoms with Gasteiger partial charge in [0.15, 0.2) is 0 Å². The van der Waals surface area contributed by atoms with Crippen LogP contribution in [0.4, 0.5) is 4.39 Å². The molecule has 0 aliphatic carbocycles. The van der Waals surface area contributed by atoms with Crippen LogP contribution < -0.4 is 0 Å². The van der Waals surface area contributed by atoms with Crippen molar-refractivity contribution in [3.05, 3.63) is 82.8 Å². The van der Waals surface area contributed by atoms with E-state index in [9.17, 15) is 9.18 Å². The number of hydrogen-bond acceptors (Lipinski definition) is 2. The van der Waals surface area contributed by atoms with Crippen LogP contribution in [0.5, 0.6) is 0 Å². The third-order valence-corrected chi connectivity index (χ3v) is 5.88. The number of para-hydroxylation sites is 1. The summed E-state index contributed by atoms with van der Waals surface area (Å²) in [7, 11) is 0. The van der Waals surface area contributed by atoms with Gasteiger partial charge in [-0.15, -0.1) is 0 Å². The molecule has 2 aromatic carbocycles. The van der Waals surface area contributed by atoms with Crippen LogP contribution in [0.2, 0.25) is 0 Å². The standard InChI is InChI=1S/C23H21FN4O/c1-14-15(2)26-22-18(14)4-3-5-19(22)23(29)27-11-10-21-20(12-27)25-13-28(21)17-8-6-16(24)7-9-17/h3-9,13,26H,10-12H2,1-2H3. The molecule has 2 aromatic heterocycles. The van der Waals surface area contributed by atoms with Crippen LogP contribution >= 0.6 is 0 Å². The highest BCUT2D eigenvalue weighted by molar-refractivity contribution is 6.06. The van der Waals surface area contributed by atoms with Gasteiger partial charge < -0.3 is 14.5 Å². The first-order valence-corrected chi connectivity index (χ1v) is 9.71. The van der Waals surface area contributed by atoms with Crippen molar-refractivity contribution in [2.45, 2.75) is 26.8 Å². The number of fused-ring (bicyclic) bond motifs is 2. The third kappa shape index (κ3) is 2.83. The number of aryl methyl sites for hydroxylation is 2. The van der Waals surface area contributed by atoms with E-state index in [-0.39, 0.29) is 11.7 Å². The third-order valence-electron chi connectivity index (χ3n) is 5.88. The summed E-state index contributed by atoms with van der Waals surface area (Å²) >= 11 is 0. The maximum Gasteiger partial charge on any atom is 0.256 e. The Hall–Kier alpha value is -3.41. The zero-order valence-electron chi connectivity index (χ0n) is 16.4. The minimum absolute atomic E-state index is 0.0128. The second kappa shape index (κ2) is 6.58. The molecule has 0 atom stereocenters. The van der Waals surface area contributed by atoms with E-state index in [1.165, 1.54) is 17.7 Å². The van der Waals surface area contributed by atoms with Crippen molar-refractivity contribution < 1.29 is 9.18 Å². The van der Waals surface area contributed by atoms with Gasteiger partial charge in [-0.1, -0.05) is 12.1 Å². The Morgan fingerprint density at radius 1 is 1.14 bits per heavy atom. The Bertz CT molecular complexity index is 1240. The van der Waals surface area contributed by atoms with E-state index in [1.807, 2.05) is 34.6 Å². The lowest BCUT2D eigenvalue weighted by Crippen LogP contribution is -2.36.